The summed E-state index contributed by atoms with van der Waals surface area (Å²) in [6, 6.07) is 17.3. The van der Waals surface area contributed by atoms with Crippen molar-refractivity contribution in [1.29, 1.82) is 0 Å². The molecule has 136 valence electrons. The van der Waals surface area contributed by atoms with E-state index in [9.17, 15) is 9.59 Å². The van der Waals surface area contributed by atoms with Crippen molar-refractivity contribution in [3.8, 4) is 5.75 Å². The molecular weight excluding hydrogens is 328 g/mol. The van der Waals surface area contributed by atoms with Crippen LogP contribution in [0.1, 0.15) is 24.5 Å². The van der Waals surface area contributed by atoms with Gasteiger partial charge in [0.25, 0.3) is 5.91 Å². The molecule has 1 atom stereocenters. The van der Waals surface area contributed by atoms with Gasteiger partial charge in [0.1, 0.15) is 17.9 Å². The van der Waals surface area contributed by atoms with Gasteiger partial charge in [-0.15, -0.1) is 0 Å². The zero-order valence-electron chi connectivity index (χ0n) is 15.2. The van der Waals surface area contributed by atoms with Gasteiger partial charge in [-0.3, -0.25) is 9.69 Å². The van der Waals surface area contributed by atoms with Crippen molar-refractivity contribution in [1.82, 2.24) is 10.2 Å². The van der Waals surface area contributed by atoms with E-state index in [0.717, 1.165) is 23.3 Å². The minimum absolute atomic E-state index is 0.189. The largest absolute Gasteiger partial charge is 0.492 e. The van der Waals surface area contributed by atoms with E-state index in [0.29, 0.717) is 6.42 Å². The van der Waals surface area contributed by atoms with Gasteiger partial charge >= 0.3 is 6.03 Å². The molecule has 0 aliphatic carbocycles. The summed E-state index contributed by atoms with van der Waals surface area (Å²) in [5.41, 5.74) is 1.44. The van der Waals surface area contributed by atoms with Crippen LogP contribution in [0.4, 0.5) is 4.79 Å². The van der Waals surface area contributed by atoms with Gasteiger partial charge in [0.2, 0.25) is 0 Å². The Kier molecular flexibility index (Phi) is 5.26. The second-order valence-electron chi connectivity index (χ2n) is 6.87. The van der Waals surface area contributed by atoms with E-state index in [2.05, 4.69) is 5.32 Å². The number of carbonyl (C=O) groups is 2. The second-order valence-corrected chi connectivity index (χ2v) is 6.87. The summed E-state index contributed by atoms with van der Waals surface area (Å²) in [5, 5.41) is 2.84. The summed E-state index contributed by atoms with van der Waals surface area (Å²) in [6.07, 6.45) is 1.30. The van der Waals surface area contributed by atoms with Crippen molar-refractivity contribution >= 4 is 11.9 Å². The van der Waals surface area contributed by atoms with Gasteiger partial charge in [-0.05, 0) is 44.4 Å². The third kappa shape index (κ3) is 4.04. The summed E-state index contributed by atoms with van der Waals surface area (Å²) in [6.45, 7) is 4.31. The first-order chi connectivity index (χ1) is 12.5. The summed E-state index contributed by atoms with van der Waals surface area (Å²) < 4.78 is 5.64. The fourth-order valence-electron chi connectivity index (χ4n) is 3.05. The van der Waals surface area contributed by atoms with Crippen molar-refractivity contribution in [2.24, 2.45) is 0 Å². The number of amides is 3. The van der Waals surface area contributed by atoms with E-state index < -0.39 is 5.54 Å². The maximum absolute atomic E-state index is 12.7. The highest BCUT2D eigenvalue weighted by Gasteiger charge is 2.47. The number of rotatable bonds is 7. The van der Waals surface area contributed by atoms with E-state index in [1.54, 1.807) is 6.92 Å². The Hall–Kier alpha value is -2.82. The van der Waals surface area contributed by atoms with Crippen molar-refractivity contribution in [3.63, 3.8) is 0 Å². The Morgan fingerprint density at radius 1 is 1.04 bits per heavy atom. The second kappa shape index (κ2) is 7.60. The lowest BCUT2D eigenvalue weighted by atomic mass is 9.93. The van der Waals surface area contributed by atoms with Crippen LogP contribution in [-0.2, 0) is 11.2 Å². The Labute approximate surface area is 154 Å². The highest BCUT2D eigenvalue weighted by Crippen LogP contribution is 2.23. The van der Waals surface area contributed by atoms with Crippen LogP contribution >= 0.6 is 0 Å². The number of hydrogen-bond donors (Lipinski definition) is 1. The molecule has 0 bridgehead atoms. The van der Waals surface area contributed by atoms with Gasteiger partial charge < -0.3 is 10.1 Å². The lowest BCUT2D eigenvalue weighted by molar-refractivity contribution is -0.131. The lowest BCUT2D eigenvalue weighted by Gasteiger charge is -2.21. The van der Waals surface area contributed by atoms with Crippen molar-refractivity contribution in [2.45, 2.75) is 32.2 Å². The number of aryl methyl sites for hydroxylation is 2. The van der Waals surface area contributed by atoms with Crippen molar-refractivity contribution in [2.75, 3.05) is 13.2 Å². The molecule has 1 saturated heterocycles. The van der Waals surface area contributed by atoms with Gasteiger partial charge in [0.15, 0.2) is 0 Å². The minimum atomic E-state index is -0.864. The van der Waals surface area contributed by atoms with Crippen LogP contribution in [0.3, 0.4) is 0 Å². The molecule has 3 rings (SSSR count). The standard InChI is InChI=1S/C21H24N2O3/c1-16-8-10-18(11-9-16)26-15-14-23-19(24)21(2,22-20(23)25)13-12-17-6-4-3-5-7-17/h3-11H,12-15H2,1-2H3,(H,22,25). The molecule has 3 amide bonds. The SMILES string of the molecule is Cc1ccc(OCCN2C(=O)NC(C)(CCc3ccccc3)C2=O)cc1. The van der Waals surface area contributed by atoms with Gasteiger partial charge in [0.05, 0.1) is 6.54 Å². The average molecular weight is 352 g/mol. The van der Waals surface area contributed by atoms with E-state index in [-0.39, 0.29) is 25.1 Å². The molecule has 2 aromatic rings. The van der Waals surface area contributed by atoms with Crippen molar-refractivity contribution in [3.05, 3.63) is 65.7 Å². The van der Waals surface area contributed by atoms with E-state index in [1.807, 2.05) is 61.5 Å². The minimum Gasteiger partial charge on any atom is -0.492 e. The Balaban J connectivity index is 1.54. The molecule has 1 aliphatic rings. The average Bonchev–Trinajstić information content (AvgIpc) is 2.86. The number of nitrogens with zero attached hydrogens (tertiary/aromatic N) is 1. The molecule has 0 saturated carbocycles. The zero-order chi connectivity index (χ0) is 18.6. The number of carbonyl (C=O) groups excluding carboxylic acids is 2. The van der Waals surface area contributed by atoms with Crippen LogP contribution in [0, 0.1) is 6.92 Å². The predicted molar refractivity (Wildman–Crippen MR) is 100 cm³/mol. The molecule has 0 spiro atoms. The van der Waals surface area contributed by atoms with Crippen LogP contribution in [0.25, 0.3) is 0 Å². The first-order valence-corrected chi connectivity index (χ1v) is 8.85. The molecule has 1 aliphatic heterocycles. The highest BCUT2D eigenvalue weighted by atomic mass is 16.5. The summed E-state index contributed by atoms with van der Waals surface area (Å²) in [7, 11) is 0. The van der Waals surface area contributed by atoms with Crippen molar-refractivity contribution < 1.29 is 14.3 Å². The van der Waals surface area contributed by atoms with Crippen LogP contribution in [0.5, 0.6) is 5.75 Å². The molecular formula is C21H24N2O3. The maximum Gasteiger partial charge on any atom is 0.325 e. The molecule has 0 aromatic heterocycles. The maximum atomic E-state index is 12.7. The summed E-state index contributed by atoms with van der Waals surface area (Å²) >= 11 is 0. The topological polar surface area (TPSA) is 58.6 Å². The molecule has 1 fully saturated rings. The number of benzene rings is 2. The Bertz CT molecular complexity index is 774. The number of nitrogens with one attached hydrogen (secondary N) is 1. The van der Waals surface area contributed by atoms with E-state index >= 15 is 0 Å². The summed E-state index contributed by atoms with van der Waals surface area (Å²) in [5.74, 6) is 0.542. The highest BCUT2D eigenvalue weighted by molar-refractivity contribution is 6.06. The summed E-state index contributed by atoms with van der Waals surface area (Å²) in [4.78, 5) is 26.2. The van der Waals surface area contributed by atoms with Crippen LogP contribution in [0.15, 0.2) is 54.6 Å². The quantitative estimate of drug-likeness (QED) is 0.778. The van der Waals surface area contributed by atoms with Gasteiger partial charge in [-0.1, -0.05) is 48.0 Å². The third-order valence-corrected chi connectivity index (χ3v) is 4.71. The third-order valence-electron chi connectivity index (χ3n) is 4.71. The zero-order valence-corrected chi connectivity index (χ0v) is 15.2. The van der Waals surface area contributed by atoms with Crippen LogP contribution in [0.2, 0.25) is 0 Å². The Morgan fingerprint density at radius 2 is 1.73 bits per heavy atom. The molecule has 5 heteroatoms. The van der Waals surface area contributed by atoms with Crippen LogP contribution in [-0.4, -0.2) is 35.5 Å². The molecule has 0 radical (unpaired) electrons. The monoisotopic (exact) mass is 352 g/mol. The fourth-order valence-corrected chi connectivity index (χ4v) is 3.05. The molecule has 2 aromatic carbocycles. The molecule has 1 unspecified atom stereocenters. The number of ether oxygens (including phenoxy) is 1. The molecule has 1 heterocycles. The van der Waals surface area contributed by atoms with Crippen LogP contribution < -0.4 is 10.1 Å². The lowest BCUT2D eigenvalue weighted by Crippen LogP contribution is -2.44. The molecule has 1 N–H and O–H groups in total. The number of imide groups is 1. The predicted octanol–water partition coefficient (Wildman–Crippen LogP) is 3.32. The first-order valence-electron chi connectivity index (χ1n) is 8.85. The number of urea groups is 1. The smallest absolute Gasteiger partial charge is 0.325 e. The van der Waals surface area contributed by atoms with Gasteiger partial charge in [-0.2, -0.15) is 0 Å². The van der Waals surface area contributed by atoms with E-state index in [1.165, 1.54) is 4.90 Å². The Morgan fingerprint density at radius 3 is 2.42 bits per heavy atom. The van der Waals surface area contributed by atoms with Gasteiger partial charge in [-0.25, -0.2) is 4.79 Å². The van der Waals surface area contributed by atoms with Gasteiger partial charge in [0, 0.05) is 0 Å². The van der Waals surface area contributed by atoms with E-state index in [4.69, 9.17) is 4.74 Å². The number of hydrogen-bond acceptors (Lipinski definition) is 3. The normalized spacial score (nSPS) is 19.5. The molecule has 26 heavy (non-hydrogen) atoms. The first kappa shape index (κ1) is 18.0. The molecule has 5 nitrogen and oxygen atoms in total. The fraction of sp³-hybridized carbons (Fsp3) is 0.333.